The first-order valence-corrected chi connectivity index (χ1v) is 10.5. The lowest BCUT2D eigenvalue weighted by atomic mass is 9.98. The van der Waals surface area contributed by atoms with Crippen LogP contribution in [0, 0.1) is 5.82 Å². The molecule has 3 rings (SSSR count). The molecule has 0 radical (unpaired) electrons. The number of carbonyl (C=O) groups is 3. The minimum Gasteiger partial charge on any atom is -0.478 e. The van der Waals surface area contributed by atoms with Gasteiger partial charge in [-0.2, -0.15) is 13.2 Å². The Morgan fingerprint density at radius 2 is 1.65 bits per heavy atom. The molecule has 1 heterocycles. The first-order chi connectivity index (χ1) is 17.3. The molecule has 3 aromatic rings. The number of aromatic amines is 1. The monoisotopic (exact) mass is 526 g/mol. The third-order valence-electron chi connectivity index (χ3n) is 4.97. The second-order valence-corrected chi connectivity index (χ2v) is 7.39. The fourth-order valence-corrected chi connectivity index (χ4v) is 3.34. The molecule has 1 aromatic heterocycles. The largest absolute Gasteiger partial charge is 0.490 e. The zero-order valence-electron chi connectivity index (χ0n) is 19.4. The number of halogens is 4. The molecule has 0 atom stereocenters. The number of carboxylic acid groups (broad SMARTS) is 2. The summed E-state index contributed by atoms with van der Waals surface area (Å²) in [5.41, 5.74) is 0.248. The van der Waals surface area contributed by atoms with E-state index in [4.69, 9.17) is 9.90 Å². The van der Waals surface area contributed by atoms with E-state index in [0.717, 1.165) is 0 Å². The molecule has 0 aliphatic carbocycles. The van der Waals surface area contributed by atoms with Gasteiger partial charge in [-0.15, -0.1) is 0 Å². The molecule has 0 spiro atoms. The Kier molecular flexibility index (Phi) is 9.32. The molecule has 0 unspecified atom stereocenters. The molecular formula is C23H22F4N4O6. The normalized spacial score (nSPS) is 10.9. The lowest BCUT2D eigenvalue weighted by Crippen LogP contribution is -2.28. The number of aromatic nitrogens is 1. The van der Waals surface area contributed by atoms with E-state index >= 15 is 0 Å². The van der Waals surface area contributed by atoms with Gasteiger partial charge in [-0.3, -0.25) is 9.59 Å². The number of pyridine rings is 1. The molecule has 0 saturated carbocycles. The summed E-state index contributed by atoms with van der Waals surface area (Å²) in [7, 11) is 3.32. The summed E-state index contributed by atoms with van der Waals surface area (Å²) < 4.78 is 45.9. The number of H-pyrrole nitrogens is 1. The highest BCUT2D eigenvalue weighted by molar-refractivity contribution is 6.10. The zero-order chi connectivity index (χ0) is 27.9. The summed E-state index contributed by atoms with van der Waals surface area (Å²) in [6.07, 6.45) is -4.80. The van der Waals surface area contributed by atoms with Crippen molar-refractivity contribution in [2.24, 2.45) is 0 Å². The van der Waals surface area contributed by atoms with Crippen LogP contribution in [0.1, 0.15) is 26.3 Å². The average molecular weight is 526 g/mol. The van der Waals surface area contributed by atoms with Gasteiger partial charge in [-0.1, -0.05) is 12.1 Å². The van der Waals surface area contributed by atoms with Gasteiger partial charge in [0.2, 0.25) is 0 Å². The zero-order valence-corrected chi connectivity index (χ0v) is 19.4. The van der Waals surface area contributed by atoms with Crippen molar-refractivity contribution in [1.29, 1.82) is 0 Å². The maximum Gasteiger partial charge on any atom is 0.490 e. The first-order valence-electron chi connectivity index (χ1n) is 10.5. The van der Waals surface area contributed by atoms with Crippen LogP contribution in [0.3, 0.4) is 0 Å². The van der Waals surface area contributed by atoms with Crippen LogP contribution in [-0.4, -0.2) is 59.9 Å². The molecule has 6 N–H and O–H groups in total. The molecule has 198 valence electrons. The number of amides is 1. The van der Waals surface area contributed by atoms with Crippen LogP contribution >= 0.6 is 0 Å². The molecule has 1 amide bonds. The van der Waals surface area contributed by atoms with Gasteiger partial charge >= 0.3 is 18.1 Å². The smallest absolute Gasteiger partial charge is 0.478 e. The number of alkyl halides is 3. The van der Waals surface area contributed by atoms with Crippen molar-refractivity contribution in [2.45, 2.75) is 12.6 Å². The second-order valence-electron chi connectivity index (χ2n) is 7.39. The van der Waals surface area contributed by atoms with Gasteiger partial charge in [0.15, 0.2) is 0 Å². The average Bonchev–Trinajstić information content (AvgIpc) is 2.82. The number of hydrogen-bond acceptors (Lipinski definition) is 6. The number of carbonyl (C=O) groups excluding carboxylic acids is 1. The number of aliphatic carboxylic acids is 1. The Bertz CT molecular complexity index is 1390. The lowest BCUT2D eigenvalue weighted by molar-refractivity contribution is -0.192. The van der Waals surface area contributed by atoms with Gasteiger partial charge < -0.3 is 31.1 Å². The summed E-state index contributed by atoms with van der Waals surface area (Å²) in [4.78, 5) is 48.8. The van der Waals surface area contributed by atoms with E-state index in [9.17, 15) is 37.1 Å². The first kappa shape index (κ1) is 28.8. The van der Waals surface area contributed by atoms with Crippen LogP contribution < -0.4 is 21.5 Å². The fourth-order valence-electron chi connectivity index (χ4n) is 3.34. The van der Waals surface area contributed by atoms with Crippen LogP contribution in [0.15, 0.2) is 41.2 Å². The number of fused-ring (bicyclic) bond motifs is 1. The van der Waals surface area contributed by atoms with Crippen molar-refractivity contribution in [3.63, 3.8) is 0 Å². The van der Waals surface area contributed by atoms with Gasteiger partial charge in [-0.05, 0) is 49.8 Å². The highest BCUT2D eigenvalue weighted by Crippen LogP contribution is 2.27. The Labute approximate surface area is 206 Å². The van der Waals surface area contributed by atoms with E-state index < -0.39 is 35.4 Å². The van der Waals surface area contributed by atoms with Gasteiger partial charge in [0.1, 0.15) is 11.4 Å². The number of benzene rings is 2. The van der Waals surface area contributed by atoms with Gasteiger partial charge in [-0.25, -0.2) is 14.0 Å². The van der Waals surface area contributed by atoms with Crippen molar-refractivity contribution >= 4 is 40.1 Å². The van der Waals surface area contributed by atoms with Crippen LogP contribution in [0.25, 0.3) is 10.9 Å². The van der Waals surface area contributed by atoms with E-state index in [1.165, 1.54) is 30.3 Å². The second kappa shape index (κ2) is 12.0. The number of rotatable bonds is 7. The molecule has 0 fully saturated rings. The Hall–Kier alpha value is -4.46. The quantitative estimate of drug-likeness (QED) is 0.256. The molecule has 2 aromatic carbocycles. The number of likely N-dealkylation sites (N-methyl/N-ethyl adjacent to an activating group) is 1. The van der Waals surface area contributed by atoms with Crippen molar-refractivity contribution < 1.29 is 42.2 Å². The molecule has 14 heteroatoms. The van der Waals surface area contributed by atoms with Crippen molar-refractivity contribution in [3.8, 4) is 0 Å². The predicted molar refractivity (Wildman–Crippen MR) is 127 cm³/mol. The third-order valence-corrected chi connectivity index (χ3v) is 4.97. The predicted octanol–water partition coefficient (Wildman–Crippen LogP) is 3.05. The van der Waals surface area contributed by atoms with Gasteiger partial charge in [0.05, 0.1) is 22.5 Å². The van der Waals surface area contributed by atoms with Crippen LogP contribution in [0.4, 0.5) is 28.9 Å². The van der Waals surface area contributed by atoms with Crippen molar-refractivity contribution in [1.82, 2.24) is 10.3 Å². The number of anilines is 2. The standard InChI is InChI=1S/C21H21FN4O4.C2HF3O2/c1-23-8-7-12-14-9-11(22)10-16(24-2)18(14)26-20(28)17(12)19(27)25-15-6-4-3-5-13(15)21(29)30;3-2(4,5)1(6)7/h3-6,9-10,23-24H,7-8H2,1-2H3,(H,25,27)(H,26,28)(H,29,30);(H,6,7). The van der Waals surface area contributed by atoms with Crippen LogP contribution in [0.5, 0.6) is 0 Å². The van der Waals surface area contributed by atoms with E-state index in [2.05, 4.69) is 20.9 Å². The Balaban J connectivity index is 0.000000604. The molecule has 0 aliphatic rings. The summed E-state index contributed by atoms with van der Waals surface area (Å²) in [5, 5.41) is 25.1. The molecule has 0 bridgehead atoms. The lowest BCUT2D eigenvalue weighted by Gasteiger charge is -2.15. The van der Waals surface area contributed by atoms with E-state index in [1.807, 2.05) is 0 Å². The summed E-state index contributed by atoms with van der Waals surface area (Å²) in [6.45, 7) is 0.440. The minimum atomic E-state index is -5.08. The highest BCUT2D eigenvalue weighted by atomic mass is 19.4. The van der Waals surface area contributed by atoms with Gasteiger partial charge in [0.25, 0.3) is 11.5 Å². The number of carboxylic acids is 2. The summed E-state index contributed by atoms with van der Waals surface area (Å²) in [6, 6.07) is 8.40. The third kappa shape index (κ3) is 7.04. The molecule has 0 aliphatic heterocycles. The SMILES string of the molecule is CNCCc1c(C(=O)Nc2ccccc2C(=O)O)c(=O)[nH]c2c(NC)cc(F)cc12.O=C(O)C(F)(F)F. The van der Waals surface area contributed by atoms with E-state index in [0.29, 0.717) is 28.7 Å². The Morgan fingerprint density at radius 1 is 1.03 bits per heavy atom. The number of para-hydroxylation sites is 1. The minimum absolute atomic E-state index is 0.0595. The topological polar surface area (TPSA) is 161 Å². The van der Waals surface area contributed by atoms with E-state index in [-0.39, 0.29) is 23.2 Å². The number of hydrogen-bond donors (Lipinski definition) is 6. The van der Waals surface area contributed by atoms with Crippen LogP contribution in [-0.2, 0) is 11.2 Å². The van der Waals surface area contributed by atoms with Crippen molar-refractivity contribution in [2.75, 3.05) is 31.3 Å². The molecule has 0 saturated heterocycles. The maximum absolute atomic E-state index is 14.2. The van der Waals surface area contributed by atoms with Gasteiger partial charge in [0, 0.05) is 12.4 Å². The summed E-state index contributed by atoms with van der Waals surface area (Å²) in [5.74, 6) is -5.26. The van der Waals surface area contributed by atoms with Crippen molar-refractivity contribution in [3.05, 3.63) is 69.3 Å². The fraction of sp³-hybridized carbons (Fsp3) is 0.217. The Morgan fingerprint density at radius 3 is 2.19 bits per heavy atom. The highest BCUT2D eigenvalue weighted by Gasteiger charge is 2.38. The number of aromatic carboxylic acids is 1. The molecule has 37 heavy (non-hydrogen) atoms. The molecular weight excluding hydrogens is 504 g/mol. The van der Waals surface area contributed by atoms with E-state index in [1.54, 1.807) is 20.2 Å². The summed E-state index contributed by atoms with van der Waals surface area (Å²) >= 11 is 0. The number of nitrogens with one attached hydrogen (secondary N) is 4. The molecule has 10 nitrogen and oxygen atoms in total. The maximum atomic E-state index is 14.2. The van der Waals surface area contributed by atoms with Crippen LogP contribution in [0.2, 0.25) is 0 Å².